The second kappa shape index (κ2) is 6.06. The van der Waals surface area contributed by atoms with Crippen LogP contribution in [-0.4, -0.2) is 9.97 Å². The Hall–Kier alpha value is -2.55. The predicted octanol–water partition coefficient (Wildman–Crippen LogP) is 4.49. The SMILES string of the molecule is C=CCc1ccccc1OCc1nc2c(C)cc(C)cc2[nH]1. The Morgan fingerprint density at radius 2 is 2.05 bits per heavy atom. The maximum atomic E-state index is 5.93. The lowest BCUT2D eigenvalue weighted by molar-refractivity contribution is 0.295. The zero-order valence-corrected chi connectivity index (χ0v) is 13.0. The van der Waals surface area contributed by atoms with Gasteiger partial charge in [-0.05, 0) is 49.1 Å². The first-order valence-electron chi connectivity index (χ1n) is 7.45. The van der Waals surface area contributed by atoms with Gasteiger partial charge in [0.1, 0.15) is 18.2 Å². The zero-order chi connectivity index (χ0) is 15.5. The van der Waals surface area contributed by atoms with E-state index in [-0.39, 0.29) is 0 Å². The summed E-state index contributed by atoms with van der Waals surface area (Å²) in [5.41, 5.74) is 5.64. The number of aromatic nitrogens is 2. The molecule has 0 unspecified atom stereocenters. The Labute approximate surface area is 130 Å². The van der Waals surface area contributed by atoms with Crippen molar-refractivity contribution in [2.45, 2.75) is 26.9 Å². The summed E-state index contributed by atoms with van der Waals surface area (Å²) in [5.74, 6) is 1.73. The van der Waals surface area contributed by atoms with Crippen LogP contribution in [0.4, 0.5) is 0 Å². The molecule has 0 radical (unpaired) electrons. The quantitative estimate of drug-likeness (QED) is 0.704. The Morgan fingerprint density at radius 1 is 1.23 bits per heavy atom. The number of para-hydroxylation sites is 1. The average Bonchev–Trinajstić information content (AvgIpc) is 2.90. The number of rotatable bonds is 5. The maximum absolute atomic E-state index is 5.93. The topological polar surface area (TPSA) is 37.9 Å². The van der Waals surface area contributed by atoms with E-state index < -0.39 is 0 Å². The van der Waals surface area contributed by atoms with Gasteiger partial charge in [0, 0.05) is 0 Å². The lowest BCUT2D eigenvalue weighted by Gasteiger charge is -2.08. The Balaban J connectivity index is 1.82. The fourth-order valence-electron chi connectivity index (χ4n) is 2.71. The number of hydrogen-bond donors (Lipinski definition) is 1. The molecule has 2 aromatic carbocycles. The molecule has 0 fully saturated rings. The van der Waals surface area contributed by atoms with Gasteiger partial charge in [-0.1, -0.05) is 30.3 Å². The number of hydrogen-bond acceptors (Lipinski definition) is 2. The number of allylic oxidation sites excluding steroid dienone is 1. The third kappa shape index (κ3) is 2.89. The second-order valence-corrected chi connectivity index (χ2v) is 5.55. The van der Waals surface area contributed by atoms with E-state index in [1.165, 1.54) is 11.1 Å². The van der Waals surface area contributed by atoms with E-state index in [1.807, 2.05) is 24.3 Å². The van der Waals surface area contributed by atoms with E-state index in [0.717, 1.165) is 34.6 Å². The van der Waals surface area contributed by atoms with Crippen LogP contribution in [0.25, 0.3) is 11.0 Å². The molecule has 0 amide bonds. The molecule has 1 heterocycles. The number of aryl methyl sites for hydroxylation is 2. The van der Waals surface area contributed by atoms with Gasteiger partial charge < -0.3 is 9.72 Å². The minimum absolute atomic E-state index is 0.432. The van der Waals surface area contributed by atoms with E-state index in [1.54, 1.807) is 0 Å². The van der Waals surface area contributed by atoms with Gasteiger partial charge in [-0.2, -0.15) is 0 Å². The van der Waals surface area contributed by atoms with Crippen LogP contribution in [0.1, 0.15) is 22.5 Å². The smallest absolute Gasteiger partial charge is 0.146 e. The number of benzene rings is 2. The molecule has 112 valence electrons. The standard InChI is InChI=1S/C19H20N2O/c1-4-7-15-8-5-6-9-17(15)22-12-18-20-16-11-13(2)10-14(3)19(16)21-18/h4-6,8-11H,1,7,12H2,2-3H3,(H,20,21). The van der Waals surface area contributed by atoms with Crippen molar-refractivity contribution in [2.75, 3.05) is 0 Å². The predicted molar refractivity (Wildman–Crippen MR) is 90.2 cm³/mol. The van der Waals surface area contributed by atoms with Gasteiger partial charge in [0.15, 0.2) is 0 Å². The lowest BCUT2D eigenvalue weighted by atomic mass is 10.1. The van der Waals surface area contributed by atoms with Gasteiger partial charge in [-0.25, -0.2) is 4.98 Å². The maximum Gasteiger partial charge on any atom is 0.146 e. The first-order valence-corrected chi connectivity index (χ1v) is 7.45. The van der Waals surface area contributed by atoms with Crippen LogP contribution in [0.5, 0.6) is 5.75 Å². The van der Waals surface area contributed by atoms with Gasteiger partial charge >= 0.3 is 0 Å². The summed E-state index contributed by atoms with van der Waals surface area (Å²) in [6.07, 6.45) is 2.68. The molecule has 0 atom stereocenters. The molecule has 3 rings (SSSR count). The third-order valence-electron chi connectivity index (χ3n) is 3.67. The first kappa shape index (κ1) is 14.4. The summed E-state index contributed by atoms with van der Waals surface area (Å²) < 4.78 is 5.93. The minimum Gasteiger partial charge on any atom is -0.485 e. The summed E-state index contributed by atoms with van der Waals surface area (Å²) in [6.45, 7) is 8.40. The van der Waals surface area contributed by atoms with Crippen molar-refractivity contribution in [1.29, 1.82) is 0 Å². The molecule has 1 N–H and O–H groups in total. The molecule has 1 aromatic heterocycles. The van der Waals surface area contributed by atoms with Gasteiger partial charge in [-0.15, -0.1) is 6.58 Å². The highest BCUT2D eigenvalue weighted by Gasteiger charge is 2.08. The Morgan fingerprint density at radius 3 is 2.86 bits per heavy atom. The number of aromatic amines is 1. The fraction of sp³-hybridized carbons (Fsp3) is 0.211. The third-order valence-corrected chi connectivity index (χ3v) is 3.67. The van der Waals surface area contributed by atoms with Crippen molar-refractivity contribution in [3.63, 3.8) is 0 Å². The molecule has 0 aliphatic heterocycles. The lowest BCUT2D eigenvalue weighted by Crippen LogP contribution is -1.99. The van der Waals surface area contributed by atoms with Crippen LogP contribution in [0.15, 0.2) is 49.1 Å². The number of ether oxygens (including phenoxy) is 1. The monoisotopic (exact) mass is 292 g/mol. The van der Waals surface area contributed by atoms with Crippen LogP contribution < -0.4 is 4.74 Å². The molecular weight excluding hydrogens is 272 g/mol. The van der Waals surface area contributed by atoms with Crippen LogP contribution >= 0.6 is 0 Å². The highest BCUT2D eigenvalue weighted by atomic mass is 16.5. The fourth-order valence-corrected chi connectivity index (χ4v) is 2.71. The Kier molecular flexibility index (Phi) is 3.96. The van der Waals surface area contributed by atoms with E-state index in [9.17, 15) is 0 Å². The molecule has 0 saturated heterocycles. The van der Waals surface area contributed by atoms with Crippen molar-refractivity contribution in [3.8, 4) is 5.75 Å². The summed E-state index contributed by atoms with van der Waals surface area (Å²) in [4.78, 5) is 7.99. The Bertz CT molecular complexity index is 817. The minimum atomic E-state index is 0.432. The van der Waals surface area contributed by atoms with Gasteiger partial charge in [0.25, 0.3) is 0 Å². The normalized spacial score (nSPS) is 10.8. The average molecular weight is 292 g/mol. The number of fused-ring (bicyclic) bond motifs is 1. The van der Waals surface area contributed by atoms with Crippen molar-refractivity contribution >= 4 is 11.0 Å². The van der Waals surface area contributed by atoms with Crippen molar-refractivity contribution in [3.05, 3.63) is 71.6 Å². The number of imidazole rings is 1. The summed E-state index contributed by atoms with van der Waals surface area (Å²) >= 11 is 0. The zero-order valence-electron chi connectivity index (χ0n) is 13.0. The molecule has 3 nitrogen and oxygen atoms in total. The molecule has 3 aromatic rings. The highest BCUT2D eigenvalue weighted by molar-refractivity contribution is 5.79. The van der Waals surface area contributed by atoms with Gasteiger partial charge in [0.05, 0.1) is 11.0 Å². The van der Waals surface area contributed by atoms with E-state index in [2.05, 4.69) is 48.6 Å². The van der Waals surface area contributed by atoms with Crippen molar-refractivity contribution < 1.29 is 4.74 Å². The second-order valence-electron chi connectivity index (χ2n) is 5.55. The number of nitrogens with zero attached hydrogens (tertiary/aromatic N) is 1. The highest BCUT2D eigenvalue weighted by Crippen LogP contribution is 2.22. The van der Waals surface area contributed by atoms with Crippen LogP contribution in [-0.2, 0) is 13.0 Å². The van der Waals surface area contributed by atoms with E-state index in [4.69, 9.17) is 4.74 Å². The largest absolute Gasteiger partial charge is 0.485 e. The molecule has 0 aliphatic carbocycles. The van der Waals surface area contributed by atoms with E-state index >= 15 is 0 Å². The van der Waals surface area contributed by atoms with Crippen LogP contribution in [0.3, 0.4) is 0 Å². The van der Waals surface area contributed by atoms with Crippen LogP contribution in [0.2, 0.25) is 0 Å². The molecule has 0 aliphatic rings. The first-order chi connectivity index (χ1) is 10.7. The molecule has 0 bridgehead atoms. The summed E-state index contributed by atoms with van der Waals surface area (Å²) in [5, 5.41) is 0. The van der Waals surface area contributed by atoms with Crippen molar-refractivity contribution in [1.82, 2.24) is 9.97 Å². The van der Waals surface area contributed by atoms with Crippen molar-refractivity contribution in [2.24, 2.45) is 0 Å². The van der Waals surface area contributed by atoms with Gasteiger partial charge in [-0.3, -0.25) is 0 Å². The molecule has 0 spiro atoms. The molecule has 3 heteroatoms. The van der Waals surface area contributed by atoms with Crippen LogP contribution in [0, 0.1) is 13.8 Å². The number of H-pyrrole nitrogens is 1. The molecular formula is C19H20N2O. The summed E-state index contributed by atoms with van der Waals surface area (Å²) in [7, 11) is 0. The summed E-state index contributed by atoms with van der Waals surface area (Å²) in [6, 6.07) is 12.3. The molecule has 0 saturated carbocycles. The molecule has 22 heavy (non-hydrogen) atoms. The number of nitrogens with one attached hydrogen (secondary N) is 1. The van der Waals surface area contributed by atoms with Gasteiger partial charge in [0.2, 0.25) is 0 Å². The van der Waals surface area contributed by atoms with E-state index in [0.29, 0.717) is 6.61 Å².